The summed E-state index contributed by atoms with van der Waals surface area (Å²) in [5, 5.41) is 2.82. The second-order valence-corrected chi connectivity index (χ2v) is 6.01. The first kappa shape index (κ1) is 15.7. The third-order valence-electron chi connectivity index (χ3n) is 2.60. The smallest absolute Gasteiger partial charge is 0.255 e. The predicted octanol–water partition coefficient (Wildman–Crippen LogP) is 3.21. The topological polar surface area (TPSA) is 64.3 Å². The van der Waals surface area contributed by atoms with E-state index in [1.54, 1.807) is 36.4 Å². The summed E-state index contributed by atoms with van der Waals surface area (Å²) in [6.07, 6.45) is 0. The number of anilines is 1. The van der Waals surface area contributed by atoms with Crippen LogP contribution in [0.2, 0.25) is 0 Å². The summed E-state index contributed by atoms with van der Waals surface area (Å²) >= 11 is 6.93. The number of nitrogens with two attached hydrogens (primary N) is 1. The fourth-order valence-electron chi connectivity index (χ4n) is 1.59. The van der Waals surface area contributed by atoms with E-state index in [4.69, 9.17) is 22.7 Å². The fourth-order valence-corrected chi connectivity index (χ4v) is 2.01. The van der Waals surface area contributed by atoms with Gasteiger partial charge in [0.1, 0.15) is 17.3 Å². The first-order chi connectivity index (χ1) is 10.0. The van der Waals surface area contributed by atoms with Crippen molar-refractivity contribution in [3.05, 3.63) is 57.7 Å². The van der Waals surface area contributed by atoms with Gasteiger partial charge >= 0.3 is 0 Å². The van der Waals surface area contributed by atoms with Crippen LogP contribution in [0.25, 0.3) is 0 Å². The van der Waals surface area contributed by atoms with E-state index in [2.05, 4.69) is 27.9 Å². The zero-order valence-electron chi connectivity index (χ0n) is 11.0. The van der Waals surface area contributed by atoms with Crippen molar-refractivity contribution in [2.24, 2.45) is 5.73 Å². The first-order valence-electron chi connectivity index (χ1n) is 6.12. The van der Waals surface area contributed by atoms with Gasteiger partial charge in [-0.1, -0.05) is 12.2 Å². The van der Waals surface area contributed by atoms with Crippen LogP contribution in [-0.2, 0) is 0 Å². The van der Waals surface area contributed by atoms with E-state index < -0.39 is 0 Å². The summed E-state index contributed by atoms with van der Waals surface area (Å²) in [5.41, 5.74) is 6.67. The van der Waals surface area contributed by atoms with Gasteiger partial charge in [0.2, 0.25) is 0 Å². The molecule has 6 heteroatoms. The van der Waals surface area contributed by atoms with Gasteiger partial charge in [0.15, 0.2) is 0 Å². The Balaban J connectivity index is 1.98. The normalized spacial score (nSPS) is 9.95. The Morgan fingerprint density at radius 3 is 2.33 bits per heavy atom. The Morgan fingerprint density at radius 1 is 1.14 bits per heavy atom. The summed E-state index contributed by atoms with van der Waals surface area (Å²) in [4.78, 5) is 12.3. The van der Waals surface area contributed by atoms with Crippen LogP contribution in [0, 0.1) is 3.57 Å². The number of carbonyl (C=O) groups excluding carboxylic acids is 1. The molecule has 2 aromatic rings. The largest absolute Gasteiger partial charge is 0.487 e. The van der Waals surface area contributed by atoms with Gasteiger partial charge in [0.25, 0.3) is 5.91 Å². The van der Waals surface area contributed by atoms with E-state index in [0.717, 1.165) is 3.57 Å². The lowest BCUT2D eigenvalue weighted by Gasteiger charge is -2.08. The summed E-state index contributed by atoms with van der Waals surface area (Å²) in [7, 11) is 0. The number of halogens is 1. The van der Waals surface area contributed by atoms with Gasteiger partial charge in [-0.05, 0) is 71.1 Å². The van der Waals surface area contributed by atoms with Gasteiger partial charge in [-0.15, -0.1) is 0 Å². The number of rotatable bonds is 5. The third-order valence-corrected chi connectivity index (χ3v) is 3.44. The number of thiocarbonyl (C=S) groups is 1. The maximum atomic E-state index is 12.0. The minimum absolute atomic E-state index is 0.150. The van der Waals surface area contributed by atoms with Gasteiger partial charge in [0, 0.05) is 14.8 Å². The molecule has 0 saturated heterocycles. The maximum absolute atomic E-state index is 12.0. The number of amides is 1. The van der Waals surface area contributed by atoms with Crippen molar-refractivity contribution in [3.8, 4) is 5.75 Å². The van der Waals surface area contributed by atoms with Crippen LogP contribution in [0.5, 0.6) is 5.75 Å². The lowest BCUT2D eigenvalue weighted by atomic mass is 10.2. The van der Waals surface area contributed by atoms with Crippen molar-refractivity contribution in [2.45, 2.75) is 0 Å². The molecule has 0 bridgehead atoms. The van der Waals surface area contributed by atoms with E-state index in [1.807, 2.05) is 12.1 Å². The van der Waals surface area contributed by atoms with E-state index in [-0.39, 0.29) is 12.5 Å². The molecule has 0 aliphatic heterocycles. The van der Waals surface area contributed by atoms with Gasteiger partial charge in [-0.3, -0.25) is 4.79 Å². The molecule has 2 aromatic carbocycles. The second kappa shape index (κ2) is 7.37. The molecule has 4 nitrogen and oxygen atoms in total. The molecule has 0 heterocycles. The van der Waals surface area contributed by atoms with E-state index in [0.29, 0.717) is 22.0 Å². The lowest BCUT2D eigenvalue weighted by Crippen LogP contribution is -2.17. The first-order valence-corrected chi connectivity index (χ1v) is 7.61. The molecule has 21 heavy (non-hydrogen) atoms. The molecule has 0 saturated carbocycles. The number of hydrogen-bond acceptors (Lipinski definition) is 3. The molecule has 0 atom stereocenters. The molecule has 1 amide bonds. The highest BCUT2D eigenvalue weighted by molar-refractivity contribution is 14.1. The molecule has 0 radical (unpaired) electrons. The Morgan fingerprint density at radius 2 is 1.76 bits per heavy atom. The van der Waals surface area contributed by atoms with Crippen molar-refractivity contribution in [3.63, 3.8) is 0 Å². The predicted molar refractivity (Wildman–Crippen MR) is 95.8 cm³/mol. The van der Waals surface area contributed by atoms with E-state index in [1.165, 1.54) is 0 Å². The van der Waals surface area contributed by atoms with Crippen LogP contribution in [0.15, 0.2) is 48.5 Å². The monoisotopic (exact) mass is 412 g/mol. The molecule has 108 valence electrons. The quantitative estimate of drug-likeness (QED) is 0.585. The van der Waals surface area contributed by atoms with Gasteiger partial charge < -0.3 is 15.8 Å². The number of carbonyl (C=O) groups is 1. The zero-order valence-corrected chi connectivity index (χ0v) is 14.0. The summed E-state index contributed by atoms with van der Waals surface area (Å²) in [6.45, 7) is 0.198. The molecule has 3 N–H and O–H groups in total. The van der Waals surface area contributed by atoms with Crippen LogP contribution in [0.4, 0.5) is 5.69 Å². The summed E-state index contributed by atoms with van der Waals surface area (Å²) in [5.74, 6) is 0.498. The number of nitrogens with one attached hydrogen (secondary N) is 1. The SMILES string of the molecule is NC(=S)COc1ccc(NC(=O)c2ccc(I)cc2)cc1. The third kappa shape index (κ3) is 4.98. The van der Waals surface area contributed by atoms with Crippen LogP contribution >= 0.6 is 34.8 Å². The minimum Gasteiger partial charge on any atom is -0.487 e. The summed E-state index contributed by atoms with van der Waals surface area (Å²) in [6, 6.07) is 14.4. The average molecular weight is 412 g/mol. The molecule has 0 unspecified atom stereocenters. The highest BCUT2D eigenvalue weighted by Gasteiger charge is 2.05. The van der Waals surface area contributed by atoms with E-state index in [9.17, 15) is 4.79 Å². The molecule has 0 spiro atoms. The van der Waals surface area contributed by atoms with Gasteiger partial charge in [0.05, 0.1) is 0 Å². The molecular formula is C15H13IN2O2S. The number of hydrogen-bond donors (Lipinski definition) is 2. The Hall–Kier alpha value is -1.67. The van der Waals surface area contributed by atoms with Gasteiger partial charge in [-0.2, -0.15) is 0 Å². The van der Waals surface area contributed by atoms with Crippen LogP contribution < -0.4 is 15.8 Å². The van der Waals surface area contributed by atoms with Gasteiger partial charge in [-0.25, -0.2) is 0 Å². The van der Waals surface area contributed by atoms with Crippen molar-refractivity contribution in [1.29, 1.82) is 0 Å². The molecule has 0 aliphatic carbocycles. The fraction of sp³-hybridized carbons (Fsp3) is 0.0667. The maximum Gasteiger partial charge on any atom is 0.255 e. The van der Waals surface area contributed by atoms with Crippen molar-refractivity contribution in [1.82, 2.24) is 0 Å². The van der Waals surface area contributed by atoms with Crippen molar-refractivity contribution in [2.75, 3.05) is 11.9 Å². The Labute approximate surface area is 141 Å². The molecule has 0 fully saturated rings. The van der Waals surface area contributed by atoms with Crippen molar-refractivity contribution < 1.29 is 9.53 Å². The zero-order chi connectivity index (χ0) is 15.2. The highest BCUT2D eigenvalue weighted by Crippen LogP contribution is 2.17. The van der Waals surface area contributed by atoms with Crippen LogP contribution in [-0.4, -0.2) is 17.5 Å². The lowest BCUT2D eigenvalue weighted by molar-refractivity contribution is 0.102. The summed E-state index contributed by atoms with van der Waals surface area (Å²) < 4.78 is 6.43. The second-order valence-electron chi connectivity index (χ2n) is 4.24. The van der Waals surface area contributed by atoms with E-state index >= 15 is 0 Å². The molecular weight excluding hydrogens is 399 g/mol. The van der Waals surface area contributed by atoms with Crippen LogP contribution in [0.1, 0.15) is 10.4 Å². The standard InChI is InChI=1S/C15H13IN2O2S/c16-11-3-1-10(2-4-11)15(19)18-12-5-7-13(8-6-12)20-9-14(17)21/h1-8H,9H2,(H2,17,21)(H,18,19). The highest BCUT2D eigenvalue weighted by atomic mass is 127. The molecule has 0 aliphatic rings. The number of ether oxygens (including phenoxy) is 1. The number of benzene rings is 2. The Bertz CT molecular complexity index is 642. The average Bonchev–Trinajstić information content (AvgIpc) is 2.47. The molecule has 2 rings (SSSR count). The van der Waals surface area contributed by atoms with Crippen molar-refractivity contribution >= 4 is 51.4 Å². The molecule has 0 aromatic heterocycles. The Kier molecular flexibility index (Phi) is 5.51. The van der Waals surface area contributed by atoms with Crippen LogP contribution in [0.3, 0.4) is 0 Å². The minimum atomic E-state index is -0.150.